The zero-order valence-corrected chi connectivity index (χ0v) is 19.1. The number of phenols is 1. The number of ether oxygens (including phenoxy) is 2. The highest BCUT2D eigenvalue weighted by Gasteiger charge is 2.19. The molecule has 1 aliphatic rings. The number of aromatic hydroxyl groups is 1. The van der Waals surface area contributed by atoms with Crippen LogP contribution in [0.1, 0.15) is 21.5 Å². The number of benzene rings is 3. The number of hydrazone groups is 1. The molecule has 0 radical (unpaired) electrons. The van der Waals surface area contributed by atoms with E-state index in [-0.39, 0.29) is 23.1 Å². The van der Waals surface area contributed by atoms with E-state index < -0.39 is 28.2 Å². The molecule has 2 amide bonds. The van der Waals surface area contributed by atoms with Crippen LogP contribution >= 0.6 is 11.6 Å². The largest absolute Gasteiger partial charge is 0.502 e. The van der Waals surface area contributed by atoms with Crippen LogP contribution < -0.4 is 20.2 Å². The van der Waals surface area contributed by atoms with Gasteiger partial charge in [-0.05, 0) is 42.0 Å². The summed E-state index contributed by atoms with van der Waals surface area (Å²) < 4.78 is 10.6. The van der Waals surface area contributed by atoms with Crippen molar-refractivity contribution < 1.29 is 29.1 Å². The lowest BCUT2D eigenvalue weighted by molar-refractivity contribution is -0.385. The molecule has 0 saturated heterocycles. The zero-order chi connectivity index (χ0) is 25.7. The molecule has 36 heavy (non-hydrogen) atoms. The predicted octanol–water partition coefficient (Wildman–Crippen LogP) is 3.60. The first kappa shape index (κ1) is 24.2. The number of hydrogen-bond donors (Lipinski definition) is 3. The van der Waals surface area contributed by atoms with E-state index in [0.29, 0.717) is 22.6 Å². The molecule has 0 aromatic heterocycles. The number of amides is 2. The van der Waals surface area contributed by atoms with Crippen molar-refractivity contribution in [3.63, 3.8) is 0 Å². The van der Waals surface area contributed by atoms with E-state index >= 15 is 0 Å². The molecule has 1 aliphatic heterocycles. The van der Waals surface area contributed by atoms with Crippen LogP contribution in [-0.2, 0) is 4.79 Å². The highest BCUT2D eigenvalue weighted by molar-refractivity contribution is 6.31. The highest BCUT2D eigenvalue weighted by Crippen LogP contribution is 2.33. The first-order valence-corrected chi connectivity index (χ1v) is 10.7. The number of nitro benzene ring substituents is 1. The second-order valence-corrected chi connectivity index (χ2v) is 7.75. The van der Waals surface area contributed by atoms with E-state index in [2.05, 4.69) is 15.8 Å². The quantitative estimate of drug-likeness (QED) is 0.191. The van der Waals surface area contributed by atoms with Gasteiger partial charge in [0, 0.05) is 22.2 Å². The Kier molecular flexibility index (Phi) is 7.12. The van der Waals surface area contributed by atoms with E-state index in [1.165, 1.54) is 12.1 Å². The Morgan fingerprint density at radius 1 is 1.08 bits per heavy atom. The van der Waals surface area contributed by atoms with Gasteiger partial charge >= 0.3 is 5.69 Å². The van der Waals surface area contributed by atoms with Crippen molar-refractivity contribution >= 4 is 41.4 Å². The van der Waals surface area contributed by atoms with Gasteiger partial charge in [-0.1, -0.05) is 35.9 Å². The van der Waals surface area contributed by atoms with Crippen LogP contribution in [0, 0.1) is 10.1 Å². The molecule has 12 heteroatoms. The minimum Gasteiger partial charge on any atom is -0.502 e. The van der Waals surface area contributed by atoms with Crippen molar-refractivity contribution in [2.45, 2.75) is 0 Å². The van der Waals surface area contributed by atoms with E-state index in [1.54, 1.807) is 48.5 Å². The van der Waals surface area contributed by atoms with Crippen LogP contribution in [0.4, 0.5) is 5.69 Å². The summed E-state index contributed by atoms with van der Waals surface area (Å²) in [5.74, 6) is -0.981. The fraction of sp³-hybridized carbons (Fsp3) is 0.0417. The van der Waals surface area contributed by atoms with Gasteiger partial charge in [-0.2, -0.15) is 5.10 Å². The maximum atomic E-state index is 12.9. The standard InChI is InChI=1S/C24H17ClN4O7/c25-17-10-16(22(30)19(11-17)29(33)34)12-26-28-24(32)18(27-23(31)15-4-2-1-3-5-15)8-14-6-7-20-21(9-14)36-13-35-20/h1-12,30H,13H2,(H,27,31)(H,28,32). The van der Waals surface area contributed by atoms with Crippen molar-refractivity contribution in [1.29, 1.82) is 0 Å². The van der Waals surface area contributed by atoms with Crippen molar-refractivity contribution in [2.75, 3.05) is 6.79 Å². The fourth-order valence-corrected chi connectivity index (χ4v) is 3.40. The molecule has 1 heterocycles. The van der Waals surface area contributed by atoms with Crippen molar-refractivity contribution in [3.8, 4) is 17.2 Å². The first-order valence-electron chi connectivity index (χ1n) is 10.3. The molecule has 0 spiro atoms. The lowest BCUT2D eigenvalue weighted by atomic mass is 10.1. The molecule has 0 aliphatic carbocycles. The molecule has 0 saturated carbocycles. The predicted molar refractivity (Wildman–Crippen MR) is 130 cm³/mol. The van der Waals surface area contributed by atoms with Gasteiger partial charge in [0.1, 0.15) is 5.70 Å². The number of rotatable bonds is 7. The molecule has 0 fully saturated rings. The Balaban J connectivity index is 1.59. The third-order valence-electron chi connectivity index (χ3n) is 4.89. The van der Waals surface area contributed by atoms with Gasteiger partial charge in [-0.15, -0.1) is 0 Å². The number of carbonyl (C=O) groups is 2. The van der Waals surface area contributed by atoms with Gasteiger partial charge < -0.3 is 19.9 Å². The Bertz CT molecular complexity index is 1410. The molecular formula is C24H17ClN4O7. The molecule has 4 rings (SSSR count). The van der Waals surface area contributed by atoms with Crippen molar-refractivity contribution in [3.05, 3.63) is 98.2 Å². The number of hydrogen-bond acceptors (Lipinski definition) is 8. The van der Waals surface area contributed by atoms with Crippen LogP contribution in [0.3, 0.4) is 0 Å². The summed E-state index contributed by atoms with van der Waals surface area (Å²) in [7, 11) is 0. The number of nitrogens with one attached hydrogen (secondary N) is 2. The summed E-state index contributed by atoms with van der Waals surface area (Å²) in [6.45, 7) is 0.0732. The van der Waals surface area contributed by atoms with E-state index in [1.807, 2.05) is 0 Å². The Morgan fingerprint density at radius 3 is 2.58 bits per heavy atom. The summed E-state index contributed by atoms with van der Waals surface area (Å²) in [5.41, 5.74) is 2.21. The lowest BCUT2D eigenvalue weighted by Crippen LogP contribution is -2.32. The molecule has 182 valence electrons. The van der Waals surface area contributed by atoms with Gasteiger partial charge in [0.15, 0.2) is 11.5 Å². The molecule has 0 bridgehead atoms. The number of carbonyl (C=O) groups excluding carboxylic acids is 2. The summed E-state index contributed by atoms with van der Waals surface area (Å²) in [6.07, 6.45) is 2.40. The van der Waals surface area contributed by atoms with E-state index in [0.717, 1.165) is 12.3 Å². The molecular weight excluding hydrogens is 492 g/mol. The normalized spacial score (nSPS) is 12.4. The molecule has 11 nitrogen and oxygen atoms in total. The SMILES string of the molecule is O=C(NN=Cc1cc(Cl)cc([N+](=O)[O-])c1O)C(=Cc1ccc2c(c1)OCO2)NC(=O)c1ccccc1. The molecule has 0 unspecified atom stereocenters. The first-order chi connectivity index (χ1) is 17.3. The van der Waals surface area contributed by atoms with Gasteiger partial charge in [-0.25, -0.2) is 5.43 Å². The summed E-state index contributed by atoms with van der Waals surface area (Å²) in [4.78, 5) is 35.9. The Labute approximate surface area is 208 Å². The highest BCUT2D eigenvalue weighted by atomic mass is 35.5. The lowest BCUT2D eigenvalue weighted by Gasteiger charge is -2.09. The number of phenolic OH excluding ortho intramolecular Hbond substituents is 1. The minimum absolute atomic E-state index is 0.00852. The van der Waals surface area contributed by atoms with Crippen LogP contribution in [0.25, 0.3) is 6.08 Å². The maximum absolute atomic E-state index is 12.9. The van der Waals surface area contributed by atoms with Gasteiger partial charge in [0.05, 0.1) is 11.1 Å². The Hall–Kier alpha value is -4.90. The van der Waals surface area contributed by atoms with Crippen LogP contribution in [0.15, 0.2) is 71.5 Å². The summed E-state index contributed by atoms with van der Waals surface area (Å²) in [6, 6.07) is 15.5. The van der Waals surface area contributed by atoms with Gasteiger partial charge in [0.25, 0.3) is 11.8 Å². The van der Waals surface area contributed by atoms with Gasteiger partial charge in [-0.3, -0.25) is 19.7 Å². The van der Waals surface area contributed by atoms with Crippen molar-refractivity contribution in [2.24, 2.45) is 5.10 Å². The molecule has 3 aromatic rings. The van der Waals surface area contributed by atoms with Crippen LogP contribution in [0.2, 0.25) is 5.02 Å². The second-order valence-electron chi connectivity index (χ2n) is 7.31. The van der Waals surface area contributed by atoms with Gasteiger partial charge in [0.2, 0.25) is 12.5 Å². The smallest absolute Gasteiger partial charge is 0.312 e. The minimum atomic E-state index is -0.803. The third kappa shape index (κ3) is 5.59. The fourth-order valence-electron chi connectivity index (χ4n) is 3.18. The topological polar surface area (TPSA) is 152 Å². The number of fused-ring (bicyclic) bond motifs is 1. The third-order valence-corrected chi connectivity index (χ3v) is 5.11. The average Bonchev–Trinajstić information content (AvgIpc) is 3.33. The van der Waals surface area contributed by atoms with Crippen LogP contribution in [-0.4, -0.2) is 34.9 Å². The molecule has 0 atom stereocenters. The number of nitro groups is 1. The van der Waals surface area contributed by atoms with E-state index in [4.69, 9.17) is 21.1 Å². The Morgan fingerprint density at radius 2 is 1.83 bits per heavy atom. The van der Waals surface area contributed by atoms with Crippen molar-refractivity contribution in [1.82, 2.24) is 10.7 Å². The molecule has 3 aromatic carbocycles. The summed E-state index contributed by atoms with van der Waals surface area (Å²) >= 11 is 5.86. The number of halogens is 1. The number of nitrogens with zero attached hydrogens (tertiary/aromatic N) is 2. The monoisotopic (exact) mass is 508 g/mol. The molecule has 3 N–H and O–H groups in total. The summed E-state index contributed by atoms with van der Waals surface area (Å²) in [5, 5.41) is 27.4. The van der Waals surface area contributed by atoms with E-state index in [9.17, 15) is 24.8 Å². The zero-order valence-electron chi connectivity index (χ0n) is 18.3. The second kappa shape index (κ2) is 10.6. The maximum Gasteiger partial charge on any atom is 0.312 e. The average molecular weight is 509 g/mol. The van der Waals surface area contributed by atoms with Crippen LogP contribution in [0.5, 0.6) is 17.2 Å².